The maximum Gasteiger partial charge on any atom is 0.140 e. The maximum absolute atomic E-state index is 5.89. The predicted molar refractivity (Wildman–Crippen MR) is 63.4 cm³/mol. The van der Waals surface area contributed by atoms with Crippen LogP contribution in [0.3, 0.4) is 0 Å². The van der Waals surface area contributed by atoms with E-state index in [2.05, 4.69) is 6.92 Å². The zero-order valence-corrected chi connectivity index (χ0v) is 9.53. The number of aryl methyl sites for hydroxylation is 1. The van der Waals surface area contributed by atoms with Crippen molar-refractivity contribution in [2.24, 2.45) is 5.84 Å². The van der Waals surface area contributed by atoms with Gasteiger partial charge in [-0.2, -0.15) is 0 Å². The van der Waals surface area contributed by atoms with E-state index in [1.54, 1.807) is 12.1 Å². The third kappa shape index (κ3) is 2.61. The standard InChI is InChI=1S/C11H19N3O/c1-4-9-7-10(5-6-11(9)12)14(13)8(2)15-3/h5-8H,4,12-13H2,1-3H3. The molecule has 0 saturated carbocycles. The van der Waals surface area contributed by atoms with E-state index in [1.165, 1.54) is 0 Å². The molecule has 1 rings (SSSR count). The Bertz CT molecular complexity index is 328. The summed E-state index contributed by atoms with van der Waals surface area (Å²) >= 11 is 0. The van der Waals surface area contributed by atoms with Crippen molar-refractivity contribution in [2.75, 3.05) is 17.9 Å². The molecule has 1 unspecified atom stereocenters. The summed E-state index contributed by atoms with van der Waals surface area (Å²) in [4.78, 5) is 0. The Morgan fingerprint density at radius 1 is 1.47 bits per heavy atom. The largest absolute Gasteiger partial charge is 0.399 e. The normalized spacial score (nSPS) is 12.5. The van der Waals surface area contributed by atoms with Gasteiger partial charge in [-0.15, -0.1) is 0 Å². The number of benzene rings is 1. The molecule has 0 aliphatic carbocycles. The van der Waals surface area contributed by atoms with Crippen molar-refractivity contribution in [1.82, 2.24) is 0 Å². The summed E-state index contributed by atoms with van der Waals surface area (Å²) in [5, 5.41) is 1.58. The van der Waals surface area contributed by atoms with E-state index >= 15 is 0 Å². The minimum atomic E-state index is -0.154. The van der Waals surface area contributed by atoms with Crippen LogP contribution < -0.4 is 16.6 Å². The molecular weight excluding hydrogens is 190 g/mol. The van der Waals surface area contributed by atoms with Gasteiger partial charge in [-0.05, 0) is 37.1 Å². The summed E-state index contributed by atoms with van der Waals surface area (Å²) < 4.78 is 5.14. The molecule has 84 valence electrons. The summed E-state index contributed by atoms with van der Waals surface area (Å²) in [6, 6.07) is 5.76. The fourth-order valence-electron chi connectivity index (χ4n) is 1.38. The topological polar surface area (TPSA) is 64.5 Å². The summed E-state index contributed by atoms with van der Waals surface area (Å²) in [7, 11) is 1.63. The molecule has 0 bridgehead atoms. The number of hydrogen-bond donors (Lipinski definition) is 2. The molecule has 1 aromatic carbocycles. The zero-order chi connectivity index (χ0) is 11.4. The summed E-state index contributed by atoms with van der Waals surface area (Å²) in [5.41, 5.74) is 8.64. The third-order valence-corrected chi connectivity index (χ3v) is 2.54. The van der Waals surface area contributed by atoms with Gasteiger partial charge < -0.3 is 10.5 Å². The molecule has 0 aliphatic rings. The van der Waals surface area contributed by atoms with Crippen molar-refractivity contribution in [2.45, 2.75) is 26.5 Å². The average Bonchev–Trinajstić information content (AvgIpc) is 2.27. The first-order valence-electron chi connectivity index (χ1n) is 5.05. The van der Waals surface area contributed by atoms with Gasteiger partial charge in [-0.3, -0.25) is 5.01 Å². The van der Waals surface area contributed by atoms with E-state index in [1.807, 2.05) is 25.1 Å². The minimum Gasteiger partial charge on any atom is -0.399 e. The van der Waals surface area contributed by atoms with E-state index < -0.39 is 0 Å². The zero-order valence-electron chi connectivity index (χ0n) is 9.53. The molecule has 0 aliphatic heterocycles. The SMILES string of the molecule is CCc1cc(N(N)C(C)OC)ccc1N. The lowest BCUT2D eigenvalue weighted by molar-refractivity contribution is 0.114. The van der Waals surface area contributed by atoms with Crippen LogP contribution in [0.5, 0.6) is 0 Å². The molecule has 0 radical (unpaired) electrons. The van der Waals surface area contributed by atoms with Gasteiger partial charge in [-0.25, -0.2) is 5.84 Å². The van der Waals surface area contributed by atoms with Crippen LogP contribution in [0.2, 0.25) is 0 Å². The molecule has 0 aromatic heterocycles. The number of nitrogen functional groups attached to an aromatic ring is 1. The van der Waals surface area contributed by atoms with Crippen molar-refractivity contribution in [1.29, 1.82) is 0 Å². The number of hydrazine groups is 1. The lowest BCUT2D eigenvalue weighted by atomic mass is 10.1. The Kier molecular flexibility index (Phi) is 3.94. The second-order valence-corrected chi connectivity index (χ2v) is 3.48. The van der Waals surface area contributed by atoms with Crippen LogP contribution in [0.25, 0.3) is 0 Å². The highest BCUT2D eigenvalue weighted by Crippen LogP contribution is 2.21. The van der Waals surface area contributed by atoms with E-state index in [4.69, 9.17) is 16.3 Å². The molecule has 4 N–H and O–H groups in total. The fraction of sp³-hybridized carbons (Fsp3) is 0.455. The fourth-order valence-corrected chi connectivity index (χ4v) is 1.38. The van der Waals surface area contributed by atoms with E-state index in [0.29, 0.717) is 0 Å². The Morgan fingerprint density at radius 3 is 2.67 bits per heavy atom. The van der Waals surface area contributed by atoms with Gasteiger partial charge in [0.2, 0.25) is 0 Å². The number of methoxy groups -OCH3 is 1. The van der Waals surface area contributed by atoms with E-state index in [0.717, 1.165) is 23.4 Å². The molecule has 0 amide bonds. The number of nitrogens with zero attached hydrogens (tertiary/aromatic N) is 1. The van der Waals surface area contributed by atoms with Gasteiger partial charge >= 0.3 is 0 Å². The lowest BCUT2D eigenvalue weighted by Crippen LogP contribution is -2.40. The van der Waals surface area contributed by atoms with Crippen LogP contribution in [-0.2, 0) is 11.2 Å². The van der Waals surface area contributed by atoms with Crippen LogP contribution in [0.4, 0.5) is 11.4 Å². The first kappa shape index (κ1) is 11.8. The first-order chi connectivity index (χ1) is 7.10. The summed E-state index contributed by atoms with van der Waals surface area (Å²) in [6.45, 7) is 3.96. The van der Waals surface area contributed by atoms with Crippen molar-refractivity contribution in [3.05, 3.63) is 23.8 Å². The minimum absolute atomic E-state index is 0.154. The maximum atomic E-state index is 5.89. The van der Waals surface area contributed by atoms with Crippen LogP contribution >= 0.6 is 0 Å². The number of hydrogen-bond acceptors (Lipinski definition) is 4. The van der Waals surface area contributed by atoms with Crippen LogP contribution in [0, 0.1) is 0 Å². The van der Waals surface area contributed by atoms with Gasteiger partial charge in [0.15, 0.2) is 0 Å². The van der Waals surface area contributed by atoms with Crippen molar-refractivity contribution < 1.29 is 4.74 Å². The van der Waals surface area contributed by atoms with Gasteiger partial charge in [0.1, 0.15) is 6.23 Å². The second kappa shape index (κ2) is 5.00. The van der Waals surface area contributed by atoms with Crippen molar-refractivity contribution in [3.8, 4) is 0 Å². The summed E-state index contributed by atoms with van der Waals surface area (Å²) in [5.74, 6) is 5.89. The number of ether oxygens (including phenoxy) is 1. The molecule has 0 spiro atoms. The molecule has 4 heteroatoms. The smallest absolute Gasteiger partial charge is 0.140 e. The van der Waals surface area contributed by atoms with E-state index in [-0.39, 0.29) is 6.23 Å². The monoisotopic (exact) mass is 209 g/mol. The Labute approximate surface area is 90.8 Å². The third-order valence-electron chi connectivity index (χ3n) is 2.54. The highest BCUT2D eigenvalue weighted by Gasteiger charge is 2.10. The first-order valence-corrected chi connectivity index (χ1v) is 5.05. The molecule has 4 nitrogen and oxygen atoms in total. The van der Waals surface area contributed by atoms with Gasteiger partial charge in [0, 0.05) is 12.8 Å². The van der Waals surface area contributed by atoms with Crippen molar-refractivity contribution in [3.63, 3.8) is 0 Å². The van der Waals surface area contributed by atoms with Gasteiger partial charge in [0.05, 0.1) is 5.69 Å². The predicted octanol–water partition coefficient (Wildman–Crippen LogP) is 1.50. The highest BCUT2D eigenvalue weighted by atomic mass is 16.5. The highest BCUT2D eigenvalue weighted by molar-refractivity contribution is 5.58. The van der Waals surface area contributed by atoms with E-state index in [9.17, 15) is 0 Å². The van der Waals surface area contributed by atoms with Crippen LogP contribution in [0.15, 0.2) is 18.2 Å². The Hall–Kier alpha value is -1.26. The molecule has 0 saturated heterocycles. The number of rotatable bonds is 4. The quantitative estimate of drug-likeness (QED) is 0.341. The number of nitrogens with two attached hydrogens (primary N) is 2. The molecule has 1 atom stereocenters. The second-order valence-electron chi connectivity index (χ2n) is 3.48. The van der Waals surface area contributed by atoms with Crippen molar-refractivity contribution >= 4 is 11.4 Å². The molecule has 1 aromatic rings. The van der Waals surface area contributed by atoms with Gasteiger partial charge in [-0.1, -0.05) is 6.92 Å². The molecular formula is C11H19N3O. The van der Waals surface area contributed by atoms with Crippen LogP contribution in [0.1, 0.15) is 19.4 Å². The molecule has 0 heterocycles. The molecule has 0 fully saturated rings. The Balaban J connectivity index is 2.95. The summed E-state index contributed by atoms with van der Waals surface area (Å²) in [6.07, 6.45) is 0.743. The van der Waals surface area contributed by atoms with Crippen LogP contribution in [-0.4, -0.2) is 13.3 Å². The Morgan fingerprint density at radius 2 is 2.13 bits per heavy atom. The average molecular weight is 209 g/mol. The number of anilines is 2. The lowest BCUT2D eigenvalue weighted by Gasteiger charge is -2.25. The molecule has 15 heavy (non-hydrogen) atoms. The van der Waals surface area contributed by atoms with Gasteiger partial charge in [0.25, 0.3) is 0 Å².